The van der Waals surface area contributed by atoms with E-state index in [1.165, 1.54) is 42.7 Å². The SMILES string of the molecule is Cn1nnc(C2CN(Cc3ccccc3OCCCN3CCCCC3)CCO2)n1. The first-order valence-electron chi connectivity index (χ1n) is 10.8. The predicted molar refractivity (Wildman–Crippen MR) is 110 cm³/mol. The molecule has 8 nitrogen and oxygen atoms in total. The monoisotopic (exact) mass is 400 g/mol. The molecule has 2 aromatic rings. The maximum Gasteiger partial charge on any atom is 0.204 e. The Labute approximate surface area is 172 Å². The van der Waals surface area contributed by atoms with Crippen LogP contribution in [0, 0.1) is 0 Å². The average Bonchev–Trinajstić information content (AvgIpc) is 3.20. The molecular formula is C21H32N6O2. The minimum atomic E-state index is -0.130. The largest absolute Gasteiger partial charge is 0.493 e. The molecule has 1 aromatic heterocycles. The molecule has 2 saturated heterocycles. The Bertz CT molecular complexity index is 761. The zero-order chi connectivity index (χ0) is 19.9. The van der Waals surface area contributed by atoms with E-state index in [4.69, 9.17) is 9.47 Å². The highest BCUT2D eigenvalue weighted by atomic mass is 16.5. The Morgan fingerprint density at radius 1 is 1.10 bits per heavy atom. The fourth-order valence-corrected chi connectivity index (χ4v) is 4.10. The van der Waals surface area contributed by atoms with Crippen molar-refractivity contribution in [2.75, 3.05) is 45.9 Å². The molecule has 158 valence electrons. The number of hydrogen-bond donors (Lipinski definition) is 0. The zero-order valence-corrected chi connectivity index (χ0v) is 17.4. The van der Waals surface area contributed by atoms with Crippen molar-refractivity contribution in [1.82, 2.24) is 30.0 Å². The van der Waals surface area contributed by atoms with E-state index < -0.39 is 0 Å². The lowest BCUT2D eigenvalue weighted by atomic mass is 10.1. The van der Waals surface area contributed by atoms with E-state index in [0.29, 0.717) is 12.4 Å². The number of hydrogen-bond acceptors (Lipinski definition) is 7. The summed E-state index contributed by atoms with van der Waals surface area (Å²) < 4.78 is 12.0. The van der Waals surface area contributed by atoms with Gasteiger partial charge < -0.3 is 14.4 Å². The predicted octanol–water partition coefficient (Wildman–Crippen LogP) is 2.04. The molecule has 3 heterocycles. The summed E-state index contributed by atoms with van der Waals surface area (Å²) in [5, 5.41) is 12.3. The molecule has 2 fully saturated rings. The Hall–Kier alpha value is -2.03. The number of benzene rings is 1. The molecule has 8 heteroatoms. The lowest BCUT2D eigenvalue weighted by Gasteiger charge is -2.31. The molecule has 2 aliphatic rings. The van der Waals surface area contributed by atoms with Gasteiger partial charge in [-0.2, -0.15) is 4.80 Å². The van der Waals surface area contributed by atoms with E-state index in [0.717, 1.165) is 45.0 Å². The first kappa shape index (κ1) is 20.3. The number of piperidine rings is 1. The second-order valence-corrected chi connectivity index (χ2v) is 7.94. The van der Waals surface area contributed by atoms with Gasteiger partial charge in [0.15, 0.2) is 0 Å². The van der Waals surface area contributed by atoms with Crippen LogP contribution in [0.4, 0.5) is 0 Å². The van der Waals surface area contributed by atoms with Crippen LogP contribution >= 0.6 is 0 Å². The minimum absolute atomic E-state index is 0.130. The van der Waals surface area contributed by atoms with E-state index in [2.05, 4.69) is 49.5 Å². The molecule has 1 aromatic carbocycles. The number of nitrogens with zero attached hydrogens (tertiary/aromatic N) is 6. The number of para-hydroxylation sites is 1. The fraction of sp³-hybridized carbons (Fsp3) is 0.667. The van der Waals surface area contributed by atoms with Crippen LogP contribution in [0.1, 0.15) is 43.2 Å². The van der Waals surface area contributed by atoms with E-state index in [1.807, 2.05) is 0 Å². The van der Waals surface area contributed by atoms with Gasteiger partial charge in [0.1, 0.15) is 11.9 Å². The zero-order valence-electron chi connectivity index (χ0n) is 17.4. The number of aryl methyl sites for hydroxylation is 1. The van der Waals surface area contributed by atoms with Crippen LogP contribution in [0.2, 0.25) is 0 Å². The summed E-state index contributed by atoms with van der Waals surface area (Å²) >= 11 is 0. The van der Waals surface area contributed by atoms with Crippen LogP contribution in [-0.2, 0) is 18.3 Å². The van der Waals surface area contributed by atoms with Crippen LogP contribution in [0.5, 0.6) is 5.75 Å². The van der Waals surface area contributed by atoms with E-state index >= 15 is 0 Å². The van der Waals surface area contributed by atoms with E-state index in [-0.39, 0.29) is 6.10 Å². The van der Waals surface area contributed by atoms with Gasteiger partial charge in [-0.3, -0.25) is 4.90 Å². The summed E-state index contributed by atoms with van der Waals surface area (Å²) in [6, 6.07) is 8.37. The van der Waals surface area contributed by atoms with Crippen LogP contribution in [0.15, 0.2) is 24.3 Å². The van der Waals surface area contributed by atoms with Gasteiger partial charge in [0.2, 0.25) is 5.82 Å². The summed E-state index contributed by atoms with van der Waals surface area (Å²) in [5.74, 6) is 1.64. The van der Waals surface area contributed by atoms with Crippen molar-refractivity contribution >= 4 is 0 Å². The van der Waals surface area contributed by atoms with Crippen molar-refractivity contribution in [2.24, 2.45) is 7.05 Å². The molecule has 1 atom stereocenters. The molecule has 2 aliphatic heterocycles. The van der Waals surface area contributed by atoms with Gasteiger partial charge in [-0.25, -0.2) is 0 Å². The van der Waals surface area contributed by atoms with Gasteiger partial charge in [-0.05, 0) is 43.6 Å². The van der Waals surface area contributed by atoms with Crippen molar-refractivity contribution in [3.63, 3.8) is 0 Å². The second kappa shape index (κ2) is 10.1. The molecule has 0 radical (unpaired) electrons. The van der Waals surface area contributed by atoms with Gasteiger partial charge in [0.05, 0.1) is 20.3 Å². The maximum absolute atomic E-state index is 6.16. The first-order valence-corrected chi connectivity index (χ1v) is 10.8. The number of aromatic nitrogens is 4. The second-order valence-electron chi connectivity index (χ2n) is 7.94. The van der Waals surface area contributed by atoms with Crippen LogP contribution in [-0.4, -0.2) is 75.9 Å². The third-order valence-corrected chi connectivity index (χ3v) is 5.65. The van der Waals surface area contributed by atoms with Gasteiger partial charge >= 0.3 is 0 Å². The Kier molecular flexibility index (Phi) is 7.08. The number of rotatable bonds is 8. The quantitative estimate of drug-likeness (QED) is 0.628. The molecule has 4 rings (SSSR count). The molecule has 0 aliphatic carbocycles. The van der Waals surface area contributed by atoms with Crippen LogP contribution in [0.3, 0.4) is 0 Å². The Morgan fingerprint density at radius 3 is 2.79 bits per heavy atom. The first-order chi connectivity index (χ1) is 14.3. The van der Waals surface area contributed by atoms with Gasteiger partial charge in [0.25, 0.3) is 0 Å². The summed E-state index contributed by atoms with van der Waals surface area (Å²) in [7, 11) is 1.77. The molecule has 1 unspecified atom stereocenters. The van der Waals surface area contributed by atoms with Crippen LogP contribution < -0.4 is 4.74 Å². The number of morpholine rings is 1. The molecule has 29 heavy (non-hydrogen) atoms. The van der Waals surface area contributed by atoms with Gasteiger partial charge in [-0.1, -0.05) is 24.6 Å². The van der Waals surface area contributed by atoms with Gasteiger partial charge in [-0.15, -0.1) is 10.2 Å². The Balaban J connectivity index is 1.28. The minimum Gasteiger partial charge on any atom is -0.493 e. The number of tetrazole rings is 1. The highest BCUT2D eigenvalue weighted by Crippen LogP contribution is 2.24. The number of likely N-dealkylation sites (tertiary alicyclic amines) is 1. The summed E-state index contributed by atoms with van der Waals surface area (Å²) in [6.07, 6.45) is 5.01. The Morgan fingerprint density at radius 2 is 1.97 bits per heavy atom. The van der Waals surface area contributed by atoms with Crippen molar-refractivity contribution < 1.29 is 9.47 Å². The normalized spacial score (nSPS) is 21.3. The summed E-state index contributed by atoms with van der Waals surface area (Å²) in [5.41, 5.74) is 1.22. The summed E-state index contributed by atoms with van der Waals surface area (Å²) in [6.45, 7) is 7.55. The highest BCUT2D eigenvalue weighted by molar-refractivity contribution is 5.33. The van der Waals surface area contributed by atoms with Crippen molar-refractivity contribution in [3.05, 3.63) is 35.7 Å². The summed E-state index contributed by atoms with van der Waals surface area (Å²) in [4.78, 5) is 6.41. The van der Waals surface area contributed by atoms with Crippen LogP contribution in [0.25, 0.3) is 0 Å². The average molecular weight is 401 g/mol. The van der Waals surface area contributed by atoms with Crippen molar-refractivity contribution in [3.8, 4) is 5.75 Å². The fourth-order valence-electron chi connectivity index (χ4n) is 4.10. The maximum atomic E-state index is 6.16. The molecule has 0 amide bonds. The molecular weight excluding hydrogens is 368 g/mol. The molecule has 0 saturated carbocycles. The molecule has 0 N–H and O–H groups in total. The topological polar surface area (TPSA) is 68.5 Å². The smallest absolute Gasteiger partial charge is 0.204 e. The van der Waals surface area contributed by atoms with E-state index in [9.17, 15) is 0 Å². The molecule has 0 bridgehead atoms. The highest BCUT2D eigenvalue weighted by Gasteiger charge is 2.26. The standard InChI is InChI=1S/C21H32N6O2/c1-25-23-21(22-24-25)20-17-27(13-15-29-20)16-18-8-3-4-9-19(18)28-14-7-12-26-10-5-2-6-11-26/h3-4,8-9,20H,2,5-7,10-17H2,1H3. The van der Waals surface area contributed by atoms with E-state index in [1.54, 1.807) is 7.05 Å². The molecule has 0 spiro atoms. The van der Waals surface area contributed by atoms with Gasteiger partial charge in [0, 0.05) is 31.7 Å². The lowest BCUT2D eigenvalue weighted by molar-refractivity contribution is -0.0375. The van der Waals surface area contributed by atoms with Crippen molar-refractivity contribution in [1.29, 1.82) is 0 Å². The third-order valence-electron chi connectivity index (χ3n) is 5.65. The lowest BCUT2D eigenvalue weighted by Crippen LogP contribution is -2.38. The van der Waals surface area contributed by atoms with Crippen molar-refractivity contribution in [2.45, 2.75) is 38.3 Å². The third kappa shape index (κ3) is 5.74. The number of ether oxygens (including phenoxy) is 2.